The predicted molar refractivity (Wildman–Crippen MR) is 95.1 cm³/mol. The fourth-order valence-corrected chi connectivity index (χ4v) is 3.49. The Balaban J connectivity index is 1.79. The molecule has 0 radical (unpaired) electrons. The quantitative estimate of drug-likeness (QED) is 0.696. The van der Waals surface area contributed by atoms with Crippen LogP contribution in [0.25, 0.3) is 5.69 Å². The third-order valence-electron chi connectivity index (χ3n) is 4.08. The molecule has 2 aromatic carbocycles. The van der Waals surface area contributed by atoms with Gasteiger partial charge in [-0.15, -0.1) is 0 Å². The zero-order valence-electron chi connectivity index (χ0n) is 13.6. The molecule has 0 aliphatic rings. The van der Waals surface area contributed by atoms with Crippen molar-refractivity contribution in [3.05, 3.63) is 77.4 Å². The summed E-state index contributed by atoms with van der Waals surface area (Å²) in [6, 6.07) is 12.4. The van der Waals surface area contributed by atoms with E-state index in [9.17, 15) is 9.50 Å². The van der Waals surface area contributed by atoms with Crippen molar-refractivity contribution in [2.45, 2.75) is 25.1 Å². The number of rotatable bonds is 5. The maximum Gasteiger partial charge on any atom is 0.172 e. The zero-order valence-corrected chi connectivity index (χ0v) is 14.4. The molecule has 3 nitrogen and oxygen atoms in total. The van der Waals surface area contributed by atoms with Crippen molar-refractivity contribution >= 4 is 11.8 Å². The van der Waals surface area contributed by atoms with E-state index in [2.05, 4.69) is 24.9 Å². The molecule has 1 aromatic heterocycles. The number of aryl methyl sites for hydroxylation is 1. The van der Waals surface area contributed by atoms with Gasteiger partial charge in [-0.25, -0.2) is 9.37 Å². The molecule has 0 spiro atoms. The highest BCUT2D eigenvalue weighted by atomic mass is 32.2. The van der Waals surface area contributed by atoms with E-state index < -0.39 is 6.10 Å². The lowest BCUT2D eigenvalue weighted by Crippen LogP contribution is -2.05. The van der Waals surface area contributed by atoms with E-state index in [1.165, 1.54) is 29.0 Å². The van der Waals surface area contributed by atoms with Gasteiger partial charge in [0.2, 0.25) is 0 Å². The van der Waals surface area contributed by atoms with Crippen LogP contribution in [0.1, 0.15) is 22.8 Å². The Kier molecular flexibility index (Phi) is 5.02. The molecule has 24 heavy (non-hydrogen) atoms. The van der Waals surface area contributed by atoms with Crippen LogP contribution in [0.15, 0.2) is 60.0 Å². The Morgan fingerprint density at radius 1 is 1.17 bits per heavy atom. The Bertz CT molecular complexity index is 847. The van der Waals surface area contributed by atoms with E-state index in [0.717, 1.165) is 10.8 Å². The number of nitrogens with zero attached hydrogens (tertiary/aromatic N) is 2. The molecule has 5 heteroatoms. The Morgan fingerprint density at radius 3 is 2.75 bits per heavy atom. The molecule has 0 fully saturated rings. The van der Waals surface area contributed by atoms with Crippen molar-refractivity contribution in [3.8, 4) is 5.69 Å². The molecular formula is C19H19FN2OS. The van der Waals surface area contributed by atoms with E-state index in [4.69, 9.17) is 0 Å². The summed E-state index contributed by atoms with van der Waals surface area (Å²) in [5.74, 6) is -0.0496. The summed E-state index contributed by atoms with van der Waals surface area (Å²) < 4.78 is 15.8. The monoisotopic (exact) mass is 342 g/mol. The topological polar surface area (TPSA) is 38.0 Å². The molecule has 3 aromatic rings. The summed E-state index contributed by atoms with van der Waals surface area (Å²) in [4.78, 5) is 4.37. The predicted octanol–water partition coefficient (Wildman–Crippen LogP) is 4.45. The first kappa shape index (κ1) is 16.7. The number of benzene rings is 2. The highest BCUT2D eigenvalue weighted by Gasteiger charge is 2.15. The van der Waals surface area contributed by atoms with Crippen LogP contribution in [-0.4, -0.2) is 20.4 Å². The van der Waals surface area contributed by atoms with Crippen molar-refractivity contribution in [3.63, 3.8) is 0 Å². The second kappa shape index (κ2) is 7.20. The molecule has 1 heterocycles. The van der Waals surface area contributed by atoms with Crippen LogP contribution < -0.4 is 0 Å². The molecule has 0 aliphatic heterocycles. The summed E-state index contributed by atoms with van der Waals surface area (Å²) in [6.07, 6.45) is 2.76. The summed E-state index contributed by atoms with van der Waals surface area (Å²) in [5, 5.41) is 11.0. The number of hydrogen-bond acceptors (Lipinski definition) is 3. The van der Waals surface area contributed by atoms with Crippen LogP contribution in [-0.2, 0) is 0 Å². The minimum absolute atomic E-state index is 0.315. The average Bonchev–Trinajstić information content (AvgIpc) is 3.04. The number of thioether (sulfide) groups is 1. The largest absolute Gasteiger partial charge is 0.387 e. The molecule has 0 saturated carbocycles. The smallest absolute Gasteiger partial charge is 0.172 e. The van der Waals surface area contributed by atoms with Crippen molar-refractivity contribution in [1.29, 1.82) is 0 Å². The lowest BCUT2D eigenvalue weighted by atomic mass is 10.1. The van der Waals surface area contributed by atoms with Crippen molar-refractivity contribution in [2.75, 3.05) is 5.75 Å². The number of aliphatic hydroxyl groups is 1. The Morgan fingerprint density at radius 2 is 1.96 bits per heavy atom. The van der Waals surface area contributed by atoms with E-state index in [1.54, 1.807) is 24.4 Å². The summed E-state index contributed by atoms with van der Waals surface area (Å²) in [5.41, 5.74) is 3.78. The summed E-state index contributed by atoms with van der Waals surface area (Å²) in [6.45, 7) is 4.15. The van der Waals surface area contributed by atoms with Gasteiger partial charge in [0.05, 0.1) is 11.8 Å². The Labute approximate surface area is 145 Å². The molecular weight excluding hydrogens is 323 g/mol. The van der Waals surface area contributed by atoms with Gasteiger partial charge in [0, 0.05) is 23.7 Å². The molecule has 124 valence electrons. The van der Waals surface area contributed by atoms with Crippen LogP contribution in [0.2, 0.25) is 0 Å². The molecule has 1 atom stereocenters. The first-order valence-electron chi connectivity index (χ1n) is 7.73. The molecule has 0 amide bonds. The van der Waals surface area contributed by atoms with Gasteiger partial charge >= 0.3 is 0 Å². The van der Waals surface area contributed by atoms with E-state index in [0.29, 0.717) is 11.3 Å². The van der Waals surface area contributed by atoms with Gasteiger partial charge in [-0.05, 0) is 37.1 Å². The minimum atomic E-state index is -0.875. The van der Waals surface area contributed by atoms with E-state index >= 15 is 0 Å². The maximum atomic E-state index is 13.8. The van der Waals surface area contributed by atoms with Gasteiger partial charge in [0.25, 0.3) is 0 Å². The maximum absolute atomic E-state index is 13.8. The van der Waals surface area contributed by atoms with Gasteiger partial charge in [0.1, 0.15) is 5.82 Å². The first-order valence-corrected chi connectivity index (χ1v) is 8.71. The normalized spacial score (nSPS) is 12.3. The van der Waals surface area contributed by atoms with Crippen molar-refractivity contribution in [1.82, 2.24) is 9.55 Å². The van der Waals surface area contributed by atoms with E-state index in [-0.39, 0.29) is 5.82 Å². The molecule has 0 saturated heterocycles. The second-order valence-electron chi connectivity index (χ2n) is 5.65. The van der Waals surface area contributed by atoms with Crippen LogP contribution in [0.4, 0.5) is 4.39 Å². The lowest BCUT2D eigenvalue weighted by Gasteiger charge is -2.14. The van der Waals surface area contributed by atoms with Crippen LogP contribution in [0.5, 0.6) is 0 Å². The van der Waals surface area contributed by atoms with Gasteiger partial charge in [0.15, 0.2) is 5.16 Å². The molecule has 0 bridgehead atoms. The average molecular weight is 342 g/mol. The SMILES string of the molecule is Cc1cccc(-n2ccnc2SC[C@@H](O)c2ccccc2F)c1C. The number of imidazole rings is 1. The number of halogens is 1. The van der Waals surface area contributed by atoms with Crippen molar-refractivity contribution < 1.29 is 9.50 Å². The van der Waals surface area contributed by atoms with Gasteiger partial charge in [-0.1, -0.05) is 42.1 Å². The van der Waals surface area contributed by atoms with Crippen LogP contribution >= 0.6 is 11.8 Å². The first-order chi connectivity index (χ1) is 11.6. The zero-order chi connectivity index (χ0) is 17.1. The molecule has 0 aliphatic carbocycles. The van der Waals surface area contributed by atoms with Crippen LogP contribution in [0, 0.1) is 19.7 Å². The lowest BCUT2D eigenvalue weighted by molar-refractivity contribution is 0.199. The van der Waals surface area contributed by atoms with E-state index in [1.807, 2.05) is 22.9 Å². The third-order valence-corrected chi connectivity index (χ3v) is 5.12. The van der Waals surface area contributed by atoms with Crippen molar-refractivity contribution in [2.24, 2.45) is 0 Å². The highest BCUT2D eigenvalue weighted by Crippen LogP contribution is 2.28. The minimum Gasteiger partial charge on any atom is -0.387 e. The third kappa shape index (κ3) is 3.37. The van der Waals surface area contributed by atoms with Crippen LogP contribution in [0.3, 0.4) is 0 Å². The fourth-order valence-electron chi connectivity index (χ4n) is 2.57. The standard InChI is InChI=1S/C19H19FN2OS/c1-13-6-5-9-17(14(13)2)22-11-10-21-19(22)24-12-18(23)15-7-3-4-8-16(15)20/h3-11,18,23H,12H2,1-2H3/t18-/m1/s1. The molecule has 0 unspecified atom stereocenters. The van der Waals surface area contributed by atoms with Gasteiger partial charge in [-0.2, -0.15) is 0 Å². The van der Waals surface area contributed by atoms with Gasteiger partial charge < -0.3 is 5.11 Å². The number of hydrogen-bond donors (Lipinski definition) is 1. The molecule has 1 N–H and O–H groups in total. The second-order valence-corrected chi connectivity index (χ2v) is 6.63. The summed E-state index contributed by atoms with van der Waals surface area (Å²) in [7, 11) is 0. The number of aliphatic hydroxyl groups excluding tert-OH is 1. The molecule has 3 rings (SSSR count). The highest BCUT2D eigenvalue weighted by molar-refractivity contribution is 7.99. The van der Waals surface area contributed by atoms with Gasteiger partial charge in [-0.3, -0.25) is 4.57 Å². The fraction of sp³-hybridized carbons (Fsp3) is 0.211. The number of aromatic nitrogens is 2. The summed E-state index contributed by atoms with van der Waals surface area (Å²) >= 11 is 1.41. The Hall–Kier alpha value is -2.11.